The van der Waals surface area contributed by atoms with Gasteiger partial charge in [-0.25, -0.2) is 0 Å². The van der Waals surface area contributed by atoms with Crippen LogP contribution in [0.15, 0.2) is 0 Å². The van der Waals surface area contributed by atoms with Crippen LogP contribution in [0, 0.1) is 0 Å². The van der Waals surface area contributed by atoms with Crippen LogP contribution in [0.5, 0.6) is 0 Å². The Bertz CT molecular complexity index is 6640. The van der Waals surface area contributed by atoms with E-state index < -0.39 is 114 Å². The van der Waals surface area contributed by atoms with Gasteiger partial charge in [0, 0.05) is 0 Å². The van der Waals surface area contributed by atoms with Crippen LogP contribution in [0.1, 0.15) is 44.5 Å². The van der Waals surface area contributed by atoms with Gasteiger partial charge in [0.2, 0.25) is 0 Å². The van der Waals surface area contributed by atoms with E-state index in [2.05, 4.69) is 0 Å². The van der Waals surface area contributed by atoms with E-state index in [0.717, 1.165) is 0 Å². The van der Waals surface area contributed by atoms with Crippen LogP contribution in [0.3, 0.4) is 0 Å². The first-order chi connectivity index (χ1) is 40.0. The second kappa shape index (κ2) is 7.53. The maximum Gasteiger partial charge on any atom is 0.379 e. The van der Waals surface area contributed by atoms with Crippen LogP contribution in [0.2, 0.25) is 0 Å². The first-order valence-corrected chi connectivity index (χ1v) is 28.0. The lowest BCUT2D eigenvalue weighted by atomic mass is 9.40. The molecule has 0 radical (unpaired) electrons. The number of halogens is 16. The van der Waals surface area contributed by atoms with Gasteiger partial charge in [-0.3, -0.25) is 0 Å². The van der Waals surface area contributed by atoms with Crippen LogP contribution in [0.4, 0.5) is 70.2 Å². The summed E-state index contributed by atoms with van der Waals surface area (Å²) < 4.78 is 304. The minimum absolute atomic E-state index is 0.0900. The Balaban J connectivity index is 1.13. The molecule has 0 saturated heterocycles. The Kier molecular flexibility index (Phi) is 3.26. The molecule has 0 N–H and O–H groups in total. The molecule has 0 amide bonds. The standard InChI is InChI=1S/C68F16/c69-61(70)57-49-33-17-1-2-18-9(17)10-19-5-6-20(10)36-34(18)50-42-26(2)14-13-25(1)41(49)43-27(13)3-4-22-11-12-23-7-8-24(12)40-39(22)54(44(42)28(4)14)60-56(40)48-32(8)16(30(6)47(48)53(36)58(50,60)62(71,72)66(79,80)68(83,84)64(60,75)76)15-29(5)45(51(57)35(19)33)46(31(7)15)55-38(23)37(21(3)11)52(43)59(55,57)63(73,74)67(81,82)65(61,77)78. The SMILES string of the molecule is FC1(F)C(F)(F)C(F)(F)C23c4c5c6c7c8c9c(c%10c%11c2c2c4c4c%12c5c5c6c6c8c8c%13c%14c%15c%16c%17c%18c%19c%20c%21c%22c%23c(c%14c%14c%24c%23c%23c%22c%22c%20c(c2c%22c%11c%23c%10c%24c9c%148)c4c%19c%12c%17c5c%16c%136)C%152C(F)(F)C(F)(F)C(F)(F)C(F)(F)C%18%212)C73C1(F)F. The molecule has 384 valence electrons. The molecule has 0 heterocycles. The molecule has 0 aliphatic heterocycles. The van der Waals surface area contributed by atoms with E-state index in [0.29, 0.717) is 43.1 Å². The summed E-state index contributed by atoms with van der Waals surface area (Å²) in [7, 11) is 0. The predicted molar refractivity (Wildman–Crippen MR) is 287 cm³/mol. The highest BCUT2D eigenvalue weighted by Crippen LogP contribution is 2.94. The molecule has 10 aliphatic rings. The van der Waals surface area contributed by atoms with Gasteiger partial charge < -0.3 is 0 Å². The van der Waals surface area contributed by atoms with E-state index in [1.54, 1.807) is 0 Å². The molecule has 0 atom stereocenters. The van der Waals surface area contributed by atoms with Crippen molar-refractivity contribution < 1.29 is 70.2 Å². The summed E-state index contributed by atoms with van der Waals surface area (Å²) >= 11 is 0. The van der Waals surface area contributed by atoms with Crippen molar-refractivity contribution in [1.82, 2.24) is 0 Å². The van der Waals surface area contributed by atoms with E-state index in [9.17, 15) is 0 Å². The van der Waals surface area contributed by atoms with Crippen LogP contribution in [-0.4, -0.2) is 47.4 Å². The molecule has 0 unspecified atom stereocenters. The molecule has 0 nitrogen and oxygen atoms in total. The van der Waals surface area contributed by atoms with E-state index in [-0.39, 0.29) is 215 Å². The lowest BCUT2D eigenvalue weighted by molar-refractivity contribution is -0.426. The molecule has 0 bridgehead atoms. The van der Waals surface area contributed by atoms with Gasteiger partial charge in [0.15, 0.2) is 0 Å². The van der Waals surface area contributed by atoms with E-state index >= 15 is 70.2 Å². The molecule has 0 aromatic heterocycles. The Morgan fingerprint density at radius 1 is 0.0952 bits per heavy atom. The topological polar surface area (TPSA) is 0 Å². The second-order valence-electron chi connectivity index (χ2n) is 28.6. The van der Waals surface area contributed by atoms with Crippen molar-refractivity contribution in [1.29, 1.82) is 0 Å². The summed E-state index contributed by atoms with van der Waals surface area (Å²) in [5.74, 6) is -51.0. The van der Waals surface area contributed by atoms with Gasteiger partial charge in [0.05, 0.1) is 0 Å². The van der Waals surface area contributed by atoms with Gasteiger partial charge in [0.1, 0.15) is 21.7 Å². The molecule has 84 heavy (non-hydrogen) atoms. The van der Waals surface area contributed by atoms with E-state index in [4.69, 9.17) is 0 Å². The van der Waals surface area contributed by atoms with Crippen LogP contribution in [-0.2, 0) is 21.7 Å². The van der Waals surface area contributed by atoms with Gasteiger partial charge in [-0.05, 0) is 303 Å². The fourth-order valence-electron chi connectivity index (χ4n) is 27.9. The highest BCUT2D eigenvalue weighted by Gasteiger charge is 3.03. The average Bonchev–Trinajstić information content (AvgIpc) is 1.36. The lowest BCUT2D eigenvalue weighted by Gasteiger charge is -2.65. The summed E-state index contributed by atoms with van der Waals surface area (Å²) in [5.41, 5.74) is -20.9. The first-order valence-electron chi connectivity index (χ1n) is 28.0. The van der Waals surface area contributed by atoms with Crippen molar-refractivity contribution in [3.8, 4) is 0 Å². The first kappa shape index (κ1) is 36.3. The van der Waals surface area contributed by atoms with Gasteiger partial charge >= 0.3 is 47.4 Å². The number of alkyl halides is 16. The molecule has 2 fully saturated rings. The number of benzene rings is 16. The number of rotatable bonds is 0. The van der Waals surface area contributed by atoms with Crippen molar-refractivity contribution in [2.24, 2.45) is 0 Å². The largest absolute Gasteiger partial charge is 0.379 e. The number of hydrogen-bond donors (Lipinski definition) is 0. The van der Waals surface area contributed by atoms with Gasteiger partial charge in [-0.15, -0.1) is 0 Å². The van der Waals surface area contributed by atoms with Gasteiger partial charge in [-0.1, -0.05) is 0 Å². The third-order valence-electron chi connectivity index (χ3n) is 28.4. The summed E-state index contributed by atoms with van der Waals surface area (Å²) in [6, 6.07) is 0. The second-order valence-corrected chi connectivity index (χ2v) is 28.6. The third kappa shape index (κ3) is 1.77. The van der Waals surface area contributed by atoms with Crippen molar-refractivity contribution in [2.45, 2.75) is 69.0 Å². The van der Waals surface area contributed by atoms with Crippen molar-refractivity contribution in [3.05, 3.63) is 44.5 Å². The van der Waals surface area contributed by atoms with Crippen molar-refractivity contribution in [2.75, 3.05) is 0 Å². The summed E-state index contributed by atoms with van der Waals surface area (Å²) in [5, 5.41) is 4.31. The lowest BCUT2D eigenvalue weighted by Crippen LogP contribution is -2.85. The maximum absolute atomic E-state index is 20.0. The average molecular weight is 1120 g/mol. The quantitative estimate of drug-likeness (QED) is 0.105. The Labute approximate surface area is 440 Å². The molecule has 16 heteroatoms. The molecule has 10 aliphatic carbocycles. The molecular weight excluding hydrogens is 1120 g/mol. The molecule has 24 aromatic rings. The Morgan fingerprint density at radius 2 is 0.167 bits per heavy atom. The minimum Gasteiger partial charge on any atom is -0.198 e. The Morgan fingerprint density at radius 3 is 0.250 bits per heavy atom. The molecule has 4 spiro atoms. The summed E-state index contributed by atoms with van der Waals surface area (Å²) in [6.07, 6.45) is 0. The van der Waals surface area contributed by atoms with Crippen LogP contribution < -0.4 is 0 Å². The third-order valence-corrected chi connectivity index (χ3v) is 28.4. The van der Waals surface area contributed by atoms with Crippen molar-refractivity contribution >= 4 is 259 Å². The zero-order valence-corrected chi connectivity index (χ0v) is 40.0. The molecular formula is C68F16. The van der Waals surface area contributed by atoms with E-state index in [1.165, 1.54) is 0 Å². The highest BCUT2D eigenvalue weighted by atomic mass is 19.4. The summed E-state index contributed by atoms with van der Waals surface area (Å²) in [6.45, 7) is 0. The monoisotopic (exact) mass is 1120 g/mol. The molecule has 2 saturated carbocycles. The predicted octanol–water partition coefficient (Wildman–Crippen LogP) is 20.0. The fraction of sp³-hybridized carbons (Fsp3) is 0.176. The van der Waals surface area contributed by atoms with Crippen LogP contribution >= 0.6 is 0 Å². The molecule has 34 rings (SSSR count). The smallest absolute Gasteiger partial charge is 0.198 e. The van der Waals surface area contributed by atoms with Gasteiger partial charge in [0.25, 0.3) is 0 Å². The highest BCUT2D eigenvalue weighted by molar-refractivity contribution is 6.77. The normalized spacial score (nSPS) is 26.3. The zero-order chi connectivity index (χ0) is 54.3. The zero-order valence-electron chi connectivity index (χ0n) is 40.0. The minimum atomic E-state index is -6.73. The molecule has 24 aromatic carbocycles. The van der Waals surface area contributed by atoms with E-state index in [1.807, 2.05) is 0 Å². The van der Waals surface area contributed by atoms with Crippen LogP contribution in [0.25, 0.3) is 259 Å². The van der Waals surface area contributed by atoms with Gasteiger partial charge in [-0.2, -0.15) is 70.2 Å². The van der Waals surface area contributed by atoms with Crippen molar-refractivity contribution in [3.63, 3.8) is 0 Å². The fourth-order valence-corrected chi connectivity index (χ4v) is 27.9. The Hall–Kier alpha value is -8.40. The number of hydrogen-bond acceptors (Lipinski definition) is 0. The maximum atomic E-state index is 20.0. The summed E-state index contributed by atoms with van der Waals surface area (Å²) in [4.78, 5) is 0.